The number of fused-ring (bicyclic) bond motifs is 4. The van der Waals surface area contributed by atoms with Gasteiger partial charge in [-0.15, -0.1) is 17.0 Å². The smallest absolute Gasteiger partial charge is 0.142 e. The zero-order valence-electron chi connectivity index (χ0n) is 16.1. The average molecular weight is 467 g/mol. The van der Waals surface area contributed by atoms with E-state index in [2.05, 4.69) is 47.5 Å². The predicted molar refractivity (Wildman–Crippen MR) is 123 cm³/mol. The molecule has 2 saturated heterocycles. The standard InChI is InChI=1S/C24H22N2OS.BrH/c1-2-8-22-20(6-1)27-21-7-3-5-18(23(21)28-22)19-10-9-17(15-25-19)24-11-4-13-26(16-24)14-12-24;/h1-3,5-10,15H,4,11-14,16H2;1H. The quantitative estimate of drug-likeness (QED) is 0.345. The Morgan fingerprint density at radius 3 is 2.72 bits per heavy atom. The summed E-state index contributed by atoms with van der Waals surface area (Å²) < 4.78 is 6.14. The van der Waals surface area contributed by atoms with Crippen LogP contribution in [0.4, 0.5) is 0 Å². The van der Waals surface area contributed by atoms with Crippen LogP contribution in [-0.2, 0) is 5.41 Å². The number of benzene rings is 2. The Morgan fingerprint density at radius 1 is 0.931 bits per heavy atom. The number of nitrogens with zero attached hydrogens (tertiary/aromatic N) is 2. The third-order valence-electron chi connectivity index (χ3n) is 6.47. The third-order valence-corrected chi connectivity index (χ3v) is 7.66. The van der Waals surface area contributed by atoms with Gasteiger partial charge in [-0.2, -0.15) is 0 Å². The van der Waals surface area contributed by atoms with Gasteiger partial charge in [-0.05, 0) is 62.2 Å². The van der Waals surface area contributed by atoms with E-state index in [0.717, 1.165) is 32.5 Å². The summed E-state index contributed by atoms with van der Waals surface area (Å²) in [6.45, 7) is 3.71. The number of hydrogen-bond donors (Lipinski definition) is 0. The van der Waals surface area contributed by atoms with Crippen LogP contribution in [0.25, 0.3) is 11.3 Å². The topological polar surface area (TPSA) is 25.4 Å². The fraction of sp³-hybridized carbons (Fsp3) is 0.292. The lowest BCUT2D eigenvalue weighted by Gasteiger charge is -2.34. The summed E-state index contributed by atoms with van der Waals surface area (Å²) >= 11 is 1.77. The van der Waals surface area contributed by atoms with Crippen LogP contribution in [0, 0.1) is 0 Å². The van der Waals surface area contributed by atoms with Gasteiger partial charge in [0.1, 0.15) is 11.5 Å². The van der Waals surface area contributed by atoms with Gasteiger partial charge in [0.15, 0.2) is 0 Å². The highest BCUT2D eigenvalue weighted by atomic mass is 79.9. The van der Waals surface area contributed by atoms with Crippen LogP contribution >= 0.6 is 28.7 Å². The molecule has 3 aliphatic heterocycles. The van der Waals surface area contributed by atoms with E-state index in [1.807, 2.05) is 18.2 Å². The summed E-state index contributed by atoms with van der Waals surface area (Å²) in [7, 11) is 0. The third kappa shape index (κ3) is 3.20. The minimum Gasteiger partial charge on any atom is -0.455 e. The van der Waals surface area contributed by atoms with E-state index in [4.69, 9.17) is 9.72 Å². The molecule has 6 rings (SSSR count). The summed E-state index contributed by atoms with van der Waals surface area (Å²) in [5.74, 6) is 1.85. The Balaban J connectivity index is 0.00000181. The average Bonchev–Trinajstić information content (AvgIpc) is 3.06. The molecule has 0 amide bonds. The van der Waals surface area contributed by atoms with Crippen LogP contribution in [0.1, 0.15) is 24.8 Å². The molecule has 0 N–H and O–H groups in total. The fourth-order valence-corrected chi connectivity index (χ4v) is 6.06. The van der Waals surface area contributed by atoms with Gasteiger partial charge in [0.25, 0.3) is 0 Å². The monoisotopic (exact) mass is 466 g/mol. The first-order chi connectivity index (χ1) is 13.8. The number of aromatic nitrogens is 1. The van der Waals surface area contributed by atoms with Crippen LogP contribution < -0.4 is 4.74 Å². The van der Waals surface area contributed by atoms with E-state index >= 15 is 0 Å². The second kappa shape index (κ2) is 7.46. The number of halogens is 1. The highest BCUT2D eigenvalue weighted by Gasteiger charge is 2.42. The van der Waals surface area contributed by atoms with Crippen LogP contribution in [0.3, 0.4) is 0 Å². The number of piperidine rings is 1. The van der Waals surface area contributed by atoms with Crippen molar-refractivity contribution in [2.24, 2.45) is 0 Å². The normalized spacial score (nSPS) is 24.1. The molecule has 1 aromatic heterocycles. The van der Waals surface area contributed by atoms with Crippen molar-refractivity contribution in [2.75, 3.05) is 19.6 Å². The molecule has 3 aliphatic rings. The molecule has 148 valence electrons. The van der Waals surface area contributed by atoms with Crippen molar-refractivity contribution in [3.63, 3.8) is 0 Å². The minimum absolute atomic E-state index is 0. The Kier molecular flexibility index (Phi) is 4.93. The van der Waals surface area contributed by atoms with Crippen molar-refractivity contribution in [1.82, 2.24) is 9.88 Å². The first kappa shape index (κ1) is 19.2. The maximum absolute atomic E-state index is 6.14. The van der Waals surface area contributed by atoms with Crippen molar-refractivity contribution in [3.05, 3.63) is 66.4 Å². The summed E-state index contributed by atoms with van der Waals surface area (Å²) in [6.07, 6.45) is 6.01. The maximum atomic E-state index is 6.14. The van der Waals surface area contributed by atoms with Crippen molar-refractivity contribution in [3.8, 4) is 22.8 Å². The van der Waals surface area contributed by atoms with Crippen molar-refractivity contribution >= 4 is 28.7 Å². The van der Waals surface area contributed by atoms with E-state index in [9.17, 15) is 0 Å². The molecule has 4 heterocycles. The highest BCUT2D eigenvalue weighted by Crippen LogP contribution is 2.50. The van der Waals surface area contributed by atoms with Crippen LogP contribution in [0.2, 0.25) is 0 Å². The van der Waals surface area contributed by atoms with Crippen LogP contribution in [0.15, 0.2) is 70.6 Å². The van der Waals surface area contributed by atoms with Gasteiger partial charge < -0.3 is 9.64 Å². The lowest BCUT2D eigenvalue weighted by atomic mass is 9.75. The van der Waals surface area contributed by atoms with Gasteiger partial charge in [0.05, 0.1) is 15.5 Å². The Morgan fingerprint density at radius 2 is 1.83 bits per heavy atom. The molecule has 0 spiro atoms. The Labute approximate surface area is 186 Å². The Bertz CT molecular complexity index is 1050. The largest absolute Gasteiger partial charge is 0.455 e. The van der Waals surface area contributed by atoms with Gasteiger partial charge in [0.2, 0.25) is 0 Å². The van der Waals surface area contributed by atoms with Crippen molar-refractivity contribution in [1.29, 1.82) is 0 Å². The molecule has 29 heavy (non-hydrogen) atoms. The predicted octanol–water partition coefficient (Wildman–Crippen LogP) is 6.32. The van der Waals surface area contributed by atoms with E-state index in [0.29, 0.717) is 5.41 Å². The molecule has 2 bridgehead atoms. The number of pyridine rings is 1. The van der Waals surface area contributed by atoms with E-state index in [-0.39, 0.29) is 17.0 Å². The highest BCUT2D eigenvalue weighted by molar-refractivity contribution is 8.93. The van der Waals surface area contributed by atoms with Crippen LogP contribution in [-0.4, -0.2) is 29.5 Å². The van der Waals surface area contributed by atoms with Gasteiger partial charge in [0, 0.05) is 23.7 Å². The second-order valence-electron chi connectivity index (χ2n) is 8.13. The molecular weight excluding hydrogens is 444 g/mol. The van der Waals surface area contributed by atoms with E-state index < -0.39 is 0 Å². The molecular formula is C24H23BrN2OS. The summed E-state index contributed by atoms with van der Waals surface area (Å²) in [5.41, 5.74) is 3.92. The van der Waals surface area contributed by atoms with Crippen molar-refractivity contribution in [2.45, 2.75) is 34.5 Å². The molecule has 0 aliphatic carbocycles. The number of para-hydroxylation sites is 1. The zero-order valence-corrected chi connectivity index (χ0v) is 18.7. The molecule has 2 aromatic carbocycles. The second-order valence-corrected chi connectivity index (χ2v) is 9.18. The van der Waals surface area contributed by atoms with Gasteiger partial charge in [-0.1, -0.05) is 42.1 Å². The fourth-order valence-electron chi connectivity index (χ4n) is 4.99. The molecule has 0 radical (unpaired) electrons. The minimum atomic E-state index is 0. The lowest BCUT2D eigenvalue weighted by Crippen LogP contribution is -2.36. The maximum Gasteiger partial charge on any atom is 0.142 e. The van der Waals surface area contributed by atoms with E-state index in [1.54, 1.807) is 11.8 Å². The molecule has 0 saturated carbocycles. The SMILES string of the molecule is Br.c1ccc2c(c1)Oc1cccc(-c3ccc(C45CCCN(CC4)C5)cn3)c1S2. The summed E-state index contributed by atoms with van der Waals surface area (Å²) in [5, 5.41) is 0. The molecule has 5 heteroatoms. The molecule has 2 atom stereocenters. The molecule has 3 nitrogen and oxygen atoms in total. The van der Waals surface area contributed by atoms with Gasteiger partial charge in [-0.25, -0.2) is 0 Å². The number of hydrogen-bond acceptors (Lipinski definition) is 4. The van der Waals surface area contributed by atoms with E-state index in [1.165, 1.54) is 44.5 Å². The summed E-state index contributed by atoms with van der Waals surface area (Å²) in [6, 6.07) is 19.0. The lowest BCUT2D eigenvalue weighted by molar-refractivity contribution is 0.243. The Hall–Kier alpha value is -1.82. The van der Waals surface area contributed by atoms with Crippen LogP contribution in [0.5, 0.6) is 11.5 Å². The first-order valence-corrected chi connectivity index (χ1v) is 10.9. The molecule has 2 unspecified atom stereocenters. The van der Waals surface area contributed by atoms with Gasteiger partial charge in [-0.3, -0.25) is 4.98 Å². The number of rotatable bonds is 2. The zero-order chi connectivity index (χ0) is 18.6. The van der Waals surface area contributed by atoms with Crippen molar-refractivity contribution < 1.29 is 4.74 Å². The molecule has 2 fully saturated rings. The number of ether oxygens (including phenoxy) is 1. The summed E-state index contributed by atoms with van der Waals surface area (Å²) in [4.78, 5) is 9.84. The van der Waals surface area contributed by atoms with Gasteiger partial charge >= 0.3 is 0 Å². The molecule has 3 aromatic rings. The first-order valence-electron chi connectivity index (χ1n) is 10.1.